The van der Waals surface area contributed by atoms with Crippen molar-refractivity contribution < 1.29 is 5.11 Å². The summed E-state index contributed by atoms with van der Waals surface area (Å²) in [7, 11) is 0. The SMILES string of the molecule is CC1=C(Cl)C=C(Cl)C(C)(O)N1. The van der Waals surface area contributed by atoms with Gasteiger partial charge in [0.15, 0.2) is 5.72 Å². The molecule has 4 heteroatoms. The van der Waals surface area contributed by atoms with Gasteiger partial charge in [-0.2, -0.15) is 0 Å². The molecule has 0 aromatic rings. The molecular weight excluding hydrogens is 185 g/mol. The van der Waals surface area contributed by atoms with Crippen LogP contribution in [0.25, 0.3) is 0 Å². The quantitative estimate of drug-likeness (QED) is 0.617. The van der Waals surface area contributed by atoms with Crippen molar-refractivity contribution in [1.82, 2.24) is 5.32 Å². The van der Waals surface area contributed by atoms with E-state index in [0.29, 0.717) is 10.1 Å². The average molecular weight is 194 g/mol. The van der Waals surface area contributed by atoms with Gasteiger partial charge in [0.1, 0.15) is 0 Å². The van der Waals surface area contributed by atoms with Crippen molar-refractivity contribution >= 4 is 23.2 Å². The van der Waals surface area contributed by atoms with Crippen molar-refractivity contribution in [3.8, 4) is 0 Å². The normalized spacial score (nSPS) is 31.5. The van der Waals surface area contributed by atoms with E-state index < -0.39 is 5.72 Å². The first kappa shape index (κ1) is 8.91. The second kappa shape index (κ2) is 2.70. The summed E-state index contributed by atoms with van der Waals surface area (Å²) in [6.45, 7) is 3.34. The Bertz CT molecular complexity index is 243. The number of halogens is 2. The van der Waals surface area contributed by atoms with Crippen LogP contribution >= 0.6 is 23.2 Å². The molecule has 1 rings (SSSR count). The van der Waals surface area contributed by atoms with E-state index in [0.717, 1.165) is 5.70 Å². The summed E-state index contributed by atoms with van der Waals surface area (Å²) in [5.41, 5.74) is -0.453. The monoisotopic (exact) mass is 193 g/mol. The van der Waals surface area contributed by atoms with E-state index in [4.69, 9.17) is 23.2 Å². The van der Waals surface area contributed by atoms with E-state index in [1.54, 1.807) is 13.8 Å². The third-order valence-corrected chi connectivity index (χ3v) is 2.38. The lowest BCUT2D eigenvalue weighted by Gasteiger charge is -2.29. The summed E-state index contributed by atoms with van der Waals surface area (Å²) < 4.78 is 0. The van der Waals surface area contributed by atoms with Gasteiger partial charge in [-0.05, 0) is 19.9 Å². The zero-order chi connectivity index (χ0) is 8.65. The van der Waals surface area contributed by atoms with Crippen molar-refractivity contribution in [3.05, 3.63) is 21.8 Å². The maximum absolute atomic E-state index is 9.53. The fraction of sp³-hybridized carbons (Fsp3) is 0.429. The molecule has 1 heterocycles. The molecule has 0 saturated carbocycles. The smallest absolute Gasteiger partial charge is 0.169 e. The van der Waals surface area contributed by atoms with Crippen LogP contribution in [0, 0.1) is 0 Å². The molecular formula is C7H9Cl2NO. The molecule has 0 bridgehead atoms. The van der Waals surface area contributed by atoms with E-state index in [1.807, 2.05) is 0 Å². The number of hydrogen-bond donors (Lipinski definition) is 2. The lowest BCUT2D eigenvalue weighted by molar-refractivity contribution is 0.0786. The van der Waals surface area contributed by atoms with Crippen LogP contribution in [0.1, 0.15) is 13.8 Å². The summed E-state index contributed by atoms with van der Waals surface area (Å²) >= 11 is 11.4. The first-order valence-electron chi connectivity index (χ1n) is 3.18. The Morgan fingerprint density at radius 1 is 1.55 bits per heavy atom. The molecule has 0 fully saturated rings. The third kappa shape index (κ3) is 1.70. The van der Waals surface area contributed by atoms with E-state index in [1.165, 1.54) is 6.08 Å². The Balaban J connectivity index is 3.01. The number of dihydropyridines is 1. The summed E-state index contributed by atoms with van der Waals surface area (Å²) in [6.07, 6.45) is 1.54. The van der Waals surface area contributed by atoms with E-state index in [9.17, 15) is 5.11 Å². The summed E-state index contributed by atoms with van der Waals surface area (Å²) in [4.78, 5) is 0. The van der Waals surface area contributed by atoms with Crippen molar-refractivity contribution in [3.63, 3.8) is 0 Å². The fourth-order valence-corrected chi connectivity index (χ4v) is 1.21. The van der Waals surface area contributed by atoms with Crippen molar-refractivity contribution in [1.29, 1.82) is 0 Å². The molecule has 0 spiro atoms. The molecule has 2 nitrogen and oxygen atoms in total. The minimum absolute atomic E-state index is 0.299. The van der Waals surface area contributed by atoms with Crippen molar-refractivity contribution in [2.45, 2.75) is 19.6 Å². The van der Waals surface area contributed by atoms with Crippen LogP contribution in [0.4, 0.5) is 0 Å². The molecule has 1 unspecified atom stereocenters. The second-order valence-corrected chi connectivity index (χ2v) is 3.48. The minimum Gasteiger partial charge on any atom is -0.366 e. The standard InChI is InChI=1S/C7H9Cl2NO/c1-4-5(8)3-6(9)7(2,11)10-4/h3,10-11H,1-2H3. The average Bonchev–Trinajstić information content (AvgIpc) is 1.83. The molecule has 11 heavy (non-hydrogen) atoms. The molecule has 0 aromatic carbocycles. The van der Waals surface area contributed by atoms with E-state index in [2.05, 4.69) is 5.32 Å². The highest BCUT2D eigenvalue weighted by atomic mass is 35.5. The van der Waals surface area contributed by atoms with Gasteiger partial charge in [-0.1, -0.05) is 23.2 Å². The molecule has 0 aromatic heterocycles. The highest BCUT2D eigenvalue weighted by Gasteiger charge is 2.28. The van der Waals surface area contributed by atoms with Gasteiger partial charge in [0.05, 0.1) is 10.1 Å². The topological polar surface area (TPSA) is 32.3 Å². The van der Waals surface area contributed by atoms with Crippen LogP contribution in [-0.4, -0.2) is 10.8 Å². The molecule has 0 radical (unpaired) electrons. The Hall–Kier alpha value is -0.180. The van der Waals surface area contributed by atoms with E-state index >= 15 is 0 Å². The molecule has 1 aliphatic heterocycles. The van der Waals surface area contributed by atoms with Crippen LogP contribution in [0.15, 0.2) is 21.8 Å². The van der Waals surface area contributed by atoms with Crippen molar-refractivity contribution in [2.24, 2.45) is 0 Å². The first-order valence-corrected chi connectivity index (χ1v) is 3.93. The molecule has 62 valence electrons. The van der Waals surface area contributed by atoms with Gasteiger partial charge in [0.2, 0.25) is 0 Å². The second-order valence-electron chi connectivity index (χ2n) is 2.66. The Morgan fingerprint density at radius 3 is 2.55 bits per heavy atom. The highest BCUT2D eigenvalue weighted by Crippen LogP contribution is 2.27. The fourth-order valence-electron chi connectivity index (χ4n) is 0.845. The maximum atomic E-state index is 9.53. The van der Waals surface area contributed by atoms with Crippen LogP contribution in [0.5, 0.6) is 0 Å². The Morgan fingerprint density at radius 2 is 2.09 bits per heavy atom. The predicted molar refractivity (Wildman–Crippen MR) is 46.2 cm³/mol. The third-order valence-electron chi connectivity index (χ3n) is 1.51. The van der Waals surface area contributed by atoms with E-state index in [-0.39, 0.29) is 0 Å². The van der Waals surface area contributed by atoms with Gasteiger partial charge < -0.3 is 10.4 Å². The molecule has 0 saturated heterocycles. The minimum atomic E-state index is -1.18. The zero-order valence-electron chi connectivity index (χ0n) is 6.28. The predicted octanol–water partition coefficient (Wildman–Crippen LogP) is 1.89. The molecule has 1 atom stereocenters. The van der Waals surface area contributed by atoms with Crippen molar-refractivity contribution in [2.75, 3.05) is 0 Å². The highest BCUT2D eigenvalue weighted by molar-refractivity contribution is 6.35. The molecule has 2 N–H and O–H groups in total. The van der Waals surface area contributed by atoms with Crippen LogP contribution in [0.3, 0.4) is 0 Å². The molecule has 0 aliphatic carbocycles. The number of nitrogens with one attached hydrogen (secondary N) is 1. The van der Waals surface area contributed by atoms with Crippen LogP contribution < -0.4 is 5.32 Å². The van der Waals surface area contributed by atoms with Gasteiger partial charge >= 0.3 is 0 Å². The van der Waals surface area contributed by atoms with Gasteiger partial charge in [0.25, 0.3) is 0 Å². The lowest BCUT2D eigenvalue weighted by Crippen LogP contribution is -2.43. The number of rotatable bonds is 0. The van der Waals surface area contributed by atoms with Gasteiger partial charge in [-0.3, -0.25) is 0 Å². The Kier molecular flexibility index (Phi) is 2.19. The number of hydrogen-bond acceptors (Lipinski definition) is 2. The molecule has 0 amide bonds. The van der Waals surface area contributed by atoms with Crippen LogP contribution in [0.2, 0.25) is 0 Å². The van der Waals surface area contributed by atoms with Gasteiger partial charge in [-0.15, -0.1) is 0 Å². The summed E-state index contributed by atoms with van der Waals surface area (Å²) in [6, 6.07) is 0. The number of aliphatic hydroxyl groups is 1. The maximum Gasteiger partial charge on any atom is 0.169 e. The lowest BCUT2D eigenvalue weighted by atomic mass is 10.1. The van der Waals surface area contributed by atoms with Gasteiger partial charge in [-0.25, -0.2) is 0 Å². The Labute approximate surface area is 75.5 Å². The largest absolute Gasteiger partial charge is 0.366 e. The zero-order valence-corrected chi connectivity index (χ0v) is 7.79. The first-order chi connectivity index (χ1) is 4.93. The molecule has 1 aliphatic rings. The number of allylic oxidation sites excluding steroid dienone is 3. The van der Waals surface area contributed by atoms with Gasteiger partial charge in [0, 0.05) is 5.70 Å². The summed E-state index contributed by atoms with van der Waals surface area (Å²) in [5.74, 6) is 0. The summed E-state index contributed by atoms with van der Waals surface area (Å²) in [5, 5.41) is 13.1. The van der Waals surface area contributed by atoms with Crippen LogP contribution in [-0.2, 0) is 0 Å².